The zero-order valence-electron chi connectivity index (χ0n) is 11.7. The van der Waals surface area contributed by atoms with Crippen LogP contribution in [0.15, 0.2) is 46.9 Å². The molecule has 20 heavy (non-hydrogen) atoms. The summed E-state index contributed by atoms with van der Waals surface area (Å²) in [6.07, 6.45) is 0.563. The van der Waals surface area contributed by atoms with Gasteiger partial charge in [-0.05, 0) is 50.1 Å². The van der Waals surface area contributed by atoms with Gasteiger partial charge < -0.3 is 10.0 Å². The highest BCUT2D eigenvalue weighted by Crippen LogP contribution is 2.41. The summed E-state index contributed by atoms with van der Waals surface area (Å²) in [6, 6.07) is 15.1. The first-order valence-corrected chi connectivity index (χ1v) is 7.72. The Hall–Kier alpha value is -1.32. The van der Waals surface area contributed by atoms with Gasteiger partial charge in [-0.1, -0.05) is 34.1 Å². The standard InChI is InChI=1S/C17H18BrNO/c1-11-9-13-5-3-4-6-16(13)19(11)17-8-7-14(18)10-15(17)12(2)20/h3-8,10-12,20H,9H2,1-2H3. The minimum atomic E-state index is -0.484. The molecule has 0 amide bonds. The predicted octanol–water partition coefficient (Wildman–Crippen LogP) is 4.59. The van der Waals surface area contributed by atoms with Crippen LogP contribution >= 0.6 is 15.9 Å². The molecule has 0 fully saturated rings. The number of aliphatic hydroxyl groups is 1. The molecule has 104 valence electrons. The van der Waals surface area contributed by atoms with Crippen LogP contribution in [0.1, 0.15) is 31.1 Å². The fourth-order valence-corrected chi connectivity index (χ4v) is 3.39. The van der Waals surface area contributed by atoms with Crippen LogP contribution in [-0.2, 0) is 6.42 Å². The third-order valence-corrected chi connectivity index (χ3v) is 4.40. The van der Waals surface area contributed by atoms with Crippen LogP contribution in [0, 0.1) is 0 Å². The molecule has 1 heterocycles. The fourth-order valence-electron chi connectivity index (χ4n) is 3.01. The second-order valence-electron chi connectivity index (χ2n) is 5.43. The molecule has 2 aromatic carbocycles. The Morgan fingerprint density at radius 2 is 1.95 bits per heavy atom. The van der Waals surface area contributed by atoms with E-state index in [2.05, 4.69) is 58.1 Å². The summed E-state index contributed by atoms with van der Waals surface area (Å²) in [7, 11) is 0. The first-order valence-electron chi connectivity index (χ1n) is 6.92. The van der Waals surface area contributed by atoms with Crippen LogP contribution < -0.4 is 4.90 Å². The van der Waals surface area contributed by atoms with Crippen molar-refractivity contribution in [3.8, 4) is 0 Å². The van der Waals surface area contributed by atoms with Crippen LogP contribution in [0.2, 0.25) is 0 Å². The highest BCUT2D eigenvalue weighted by atomic mass is 79.9. The molecular weight excluding hydrogens is 314 g/mol. The molecule has 0 saturated heterocycles. The summed E-state index contributed by atoms with van der Waals surface area (Å²) >= 11 is 3.49. The summed E-state index contributed by atoms with van der Waals surface area (Å²) in [4.78, 5) is 2.34. The lowest BCUT2D eigenvalue weighted by molar-refractivity contribution is 0.199. The van der Waals surface area contributed by atoms with Gasteiger partial charge in [0.2, 0.25) is 0 Å². The lowest BCUT2D eigenvalue weighted by Gasteiger charge is -2.28. The Labute approximate surface area is 128 Å². The van der Waals surface area contributed by atoms with Crippen LogP contribution in [-0.4, -0.2) is 11.1 Å². The van der Waals surface area contributed by atoms with Crippen molar-refractivity contribution >= 4 is 27.3 Å². The van der Waals surface area contributed by atoms with Crippen molar-refractivity contribution in [2.75, 3.05) is 4.90 Å². The van der Waals surface area contributed by atoms with Gasteiger partial charge in [-0.15, -0.1) is 0 Å². The van der Waals surface area contributed by atoms with E-state index in [1.807, 2.05) is 19.1 Å². The van der Waals surface area contributed by atoms with Crippen molar-refractivity contribution in [2.45, 2.75) is 32.4 Å². The number of aliphatic hydroxyl groups excluding tert-OH is 1. The number of hydrogen-bond donors (Lipinski definition) is 1. The first-order chi connectivity index (χ1) is 9.58. The van der Waals surface area contributed by atoms with Crippen molar-refractivity contribution in [2.24, 2.45) is 0 Å². The van der Waals surface area contributed by atoms with Crippen molar-refractivity contribution in [1.29, 1.82) is 0 Å². The molecule has 2 atom stereocenters. The molecule has 3 heteroatoms. The molecule has 2 aromatic rings. The van der Waals surface area contributed by atoms with E-state index >= 15 is 0 Å². The van der Waals surface area contributed by atoms with E-state index in [4.69, 9.17) is 0 Å². The molecule has 0 aliphatic carbocycles. The normalized spacial score (nSPS) is 19.0. The number of benzene rings is 2. The Bertz CT molecular complexity index is 639. The molecule has 0 spiro atoms. The van der Waals surface area contributed by atoms with E-state index in [-0.39, 0.29) is 0 Å². The molecule has 0 radical (unpaired) electrons. The first kappa shape index (κ1) is 13.7. The Balaban J connectivity index is 2.14. The molecule has 2 unspecified atom stereocenters. The van der Waals surface area contributed by atoms with Crippen LogP contribution in [0.3, 0.4) is 0 Å². The second kappa shape index (κ2) is 5.23. The lowest BCUT2D eigenvalue weighted by Crippen LogP contribution is -2.25. The summed E-state index contributed by atoms with van der Waals surface area (Å²) in [5.41, 5.74) is 4.69. The molecule has 0 aromatic heterocycles. The maximum Gasteiger partial charge on any atom is 0.0782 e. The van der Waals surface area contributed by atoms with Crippen LogP contribution in [0.25, 0.3) is 0 Å². The predicted molar refractivity (Wildman–Crippen MR) is 86.5 cm³/mol. The van der Waals surface area contributed by atoms with Crippen molar-refractivity contribution in [3.05, 3.63) is 58.1 Å². The highest BCUT2D eigenvalue weighted by Gasteiger charge is 2.28. The molecule has 0 bridgehead atoms. The SMILES string of the molecule is CC(O)c1cc(Br)ccc1N1c2ccccc2CC1C. The smallest absolute Gasteiger partial charge is 0.0782 e. The Kier molecular flexibility index (Phi) is 3.57. The summed E-state index contributed by atoms with van der Waals surface area (Å²) in [6.45, 7) is 4.05. The van der Waals surface area contributed by atoms with Gasteiger partial charge >= 0.3 is 0 Å². The van der Waals surface area contributed by atoms with Crippen molar-refractivity contribution in [3.63, 3.8) is 0 Å². The average Bonchev–Trinajstić information content (AvgIpc) is 2.74. The minimum Gasteiger partial charge on any atom is -0.389 e. The number of fused-ring (bicyclic) bond motifs is 1. The highest BCUT2D eigenvalue weighted by molar-refractivity contribution is 9.10. The van der Waals surface area contributed by atoms with Gasteiger partial charge in [0.15, 0.2) is 0 Å². The van der Waals surface area contributed by atoms with E-state index in [0.717, 1.165) is 22.1 Å². The molecule has 2 nitrogen and oxygen atoms in total. The molecule has 1 N–H and O–H groups in total. The maximum absolute atomic E-state index is 10.1. The third kappa shape index (κ3) is 2.25. The quantitative estimate of drug-likeness (QED) is 0.870. The number of rotatable bonds is 2. The molecule has 1 aliphatic rings. The van der Waals surface area contributed by atoms with E-state index < -0.39 is 6.10 Å². The van der Waals surface area contributed by atoms with Crippen LogP contribution in [0.4, 0.5) is 11.4 Å². The number of para-hydroxylation sites is 1. The molecule has 1 aliphatic heterocycles. The number of anilines is 2. The summed E-state index contributed by atoms with van der Waals surface area (Å²) < 4.78 is 0.997. The summed E-state index contributed by atoms with van der Waals surface area (Å²) in [5, 5.41) is 10.1. The second-order valence-corrected chi connectivity index (χ2v) is 6.35. The topological polar surface area (TPSA) is 23.5 Å². The molecule has 0 saturated carbocycles. The summed E-state index contributed by atoms with van der Waals surface area (Å²) in [5.74, 6) is 0. The van der Waals surface area contributed by atoms with Crippen molar-refractivity contribution < 1.29 is 5.11 Å². The third-order valence-electron chi connectivity index (χ3n) is 3.91. The van der Waals surface area contributed by atoms with Gasteiger partial charge in [0.05, 0.1) is 6.10 Å². The van der Waals surface area contributed by atoms with Gasteiger partial charge in [0, 0.05) is 27.5 Å². The number of halogens is 1. The van der Waals surface area contributed by atoms with Gasteiger partial charge in [0.1, 0.15) is 0 Å². The monoisotopic (exact) mass is 331 g/mol. The van der Waals surface area contributed by atoms with E-state index in [1.165, 1.54) is 11.3 Å². The van der Waals surface area contributed by atoms with Crippen LogP contribution in [0.5, 0.6) is 0 Å². The Morgan fingerprint density at radius 1 is 1.20 bits per heavy atom. The average molecular weight is 332 g/mol. The zero-order chi connectivity index (χ0) is 14.3. The zero-order valence-corrected chi connectivity index (χ0v) is 13.3. The van der Waals surface area contributed by atoms with Crippen molar-refractivity contribution in [1.82, 2.24) is 0 Å². The van der Waals surface area contributed by atoms with Gasteiger partial charge in [-0.25, -0.2) is 0 Å². The van der Waals surface area contributed by atoms with E-state index in [1.54, 1.807) is 0 Å². The largest absolute Gasteiger partial charge is 0.389 e. The molecule has 3 rings (SSSR count). The number of hydrogen-bond acceptors (Lipinski definition) is 2. The lowest BCUT2D eigenvalue weighted by atomic mass is 10.1. The van der Waals surface area contributed by atoms with E-state index in [9.17, 15) is 5.11 Å². The van der Waals surface area contributed by atoms with E-state index in [0.29, 0.717) is 6.04 Å². The van der Waals surface area contributed by atoms with Gasteiger partial charge in [-0.2, -0.15) is 0 Å². The van der Waals surface area contributed by atoms with Gasteiger partial charge in [-0.3, -0.25) is 0 Å². The maximum atomic E-state index is 10.1. The molecular formula is C17H18BrNO. The minimum absolute atomic E-state index is 0.408. The Morgan fingerprint density at radius 3 is 2.70 bits per heavy atom. The number of nitrogens with zero attached hydrogens (tertiary/aromatic N) is 1. The van der Waals surface area contributed by atoms with Gasteiger partial charge in [0.25, 0.3) is 0 Å². The fraction of sp³-hybridized carbons (Fsp3) is 0.294.